The lowest BCUT2D eigenvalue weighted by atomic mass is 10.0. The molecule has 0 atom stereocenters. The molecule has 11 rings (SSSR count). The highest BCUT2D eigenvalue weighted by Crippen LogP contribution is 2.44. The average Bonchev–Trinajstić information content (AvgIpc) is 3.83. The summed E-state index contributed by atoms with van der Waals surface area (Å²) < 4.78 is 9.02. The van der Waals surface area contributed by atoms with Gasteiger partial charge in [0, 0.05) is 38.5 Å². The Morgan fingerprint density at radius 1 is 0.339 bits per heavy atom. The minimum absolute atomic E-state index is 0.581. The van der Waals surface area contributed by atoms with Crippen molar-refractivity contribution in [2.45, 2.75) is 0 Å². The second-order valence-corrected chi connectivity index (χ2v) is 14.0. The van der Waals surface area contributed by atoms with Gasteiger partial charge in [-0.1, -0.05) is 158 Å². The van der Waals surface area contributed by atoms with E-state index in [0.29, 0.717) is 17.5 Å². The highest BCUT2D eigenvalue weighted by atomic mass is 16.3. The minimum atomic E-state index is 0.581. The molecule has 0 amide bonds. The molecular formula is C51H32N4O. The van der Waals surface area contributed by atoms with Crippen molar-refractivity contribution in [3.05, 3.63) is 194 Å². The van der Waals surface area contributed by atoms with Crippen LogP contribution in [0.15, 0.2) is 199 Å². The van der Waals surface area contributed by atoms with Crippen molar-refractivity contribution in [3.8, 4) is 62.1 Å². The Hall–Kier alpha value is -7.63. The van der Waals surface area contributed by atoms with E-state index in [4.69, 9.17) is 19.4 Å². The Labute approximate surface area is 322 Å². The van der Waals surface area contributed by atoms with E-state index in [1.54, 1.807) is 0 Å². The fraction of sp³-hybridized carbons (Fsp3) is 0. The van der Waals surface area contributed by atoms with Crippen molar-refractivity contribution in [3.63, 3.8) is 0 Å². The van der Waals surface area contributed by atoms with Gasteiger partial charge in [0.05, 0.1) is 16.4 Å². The highest BCUT2D eigenvalue weighted by molar-refractivity contribution is 6.26. The molecule has 0 fully saturated rings. The Morgan fingerprint density at radius 2 is 0.839 bits per heavy atom. The van der Waals surface area contributed by atoms with Crippen molar-refractivity contribution < 1.29 is 4.42 Å². The Morgan fingerprint density at radius 3 is 1.46 bits per heavy atom. The summed E-state index contributed by atoms with van der Waals surface area (Å²) in [5.41, 5.74) is 12.2. The number of hydrogen-bond acceptors (Lipinski definition) is 4. The summed E-state index contributed by atoms with van der Waals surface area (Å²) in [7, 11) is 0. The SMILES string of the molecule is c1ccc(-c2ccc(-c3nc(-c4ccc(-c5ccccc5)cc4)nc(-c4cccc5oc6ccc7c8ccccc8n(-c8ccccc8)c7c6c45)n3)cc2)cc1. The molecule has 262 valence electrons. The third-order valence-corrected chi connectivity index (χ3v) is 10.7. The van der Waals surface area contributed by atoms with Crippen LogP contribution in [0, 0.1) is 0 Å². The lowest BCUT2D eigenvalue weighted by Crippen LogP contribution is -2.00. The normalized spacial score (nSPS) is 11.6. The largest absolute Gasteiger partial charge is 0.456 e. The van der Waals surface area contributed by atoms with Gasteiger partial charge in [-0.15, -0.1) is 0 Å². The standard InChI is InChI=1S/C51H32N4O/c1-4-13-33(14-5-1)35-23-27-37(28-24-35)49-52-50(38-29-25-36(26-30-38)34-15-6-2-7-16-34)54-51(53-49)42-20-12-22-44-46(42)47-45(56-44)32-31-41-40-19-10-11-21-43(40)55(48(41)47)39-17-8-3-9-18-39/h1-32H. The van der Waals surface area contributed by atoms with E-state index < -0.39 is 0 Å². The van der Waals surface area contributed by atoms with Gasteiger partial charge in [-0.05, 0) is 58.7 Å². The minimum Gasteiger partial charge on any atom is -0.456 e. The summed E-state index contributed by atoms with van der Waals surface area (Å²) in [5, 5.41) is 4.33. The molecule has 0 bridgehead atoms. The second-order valence-electron chi connectivity index (χ2n) is 14.0. The fourth-order valence-corrected chi connectivity index (χ4v) is 8.03. The first kappa shape index (κ1) is 31.9. The Bertz CT molecular complexity index is 3100. The van der Waals surface area contributed by atoms with Crippen LogP contribution in [0.3, 0.4) is 0 Å². The molecule has 3 aromatic heterocycles. The molecule has 8 aromatic carbocycles. The Kier molecular flexibility index (Phi) is 7.42. The molecule has 0 spiro atoms. The first-order chi connectivity index (χ1) is 27.8. The third kappa shape index (κ3) is 5.29. The van der Waals surface area contributed by atoms with E-state index in [0.717, 1.165) is 83.0 Å². The number of fused-ring (bicyclic) bond motifs is 7. The highest BCUT2D eigenvalue weighted by Gasteiger charge is 2.23. The molecule has 0 unspecified atom stereocenters. The number of hydrogen-bond donors (Lipinski definition) is 0. The predicted octanol–water partition coefficient (Wildman–Crippen LogP) is 13.2. The smallest absolute Gasteiger partial charge is 0.164 e. The van der Waals surface area contributed by atoms with Gasteiger partial charge < -0.3 is 8.98 Å². The molecule has 0 N–H and O–H groups in total. The van der Waals surface area contributed by atoms with Crippen LogP contribution in [0.2, 0.25) is 0 Å². The van der Waals surface area contributed by atoms with E-state index in [-0.39, 0.29) is 0 Å². The van der Waals surface area contributed by atoms with Crippen LogP contribution in [0.25, 0.3) is 106 Å². The molecule has 11 aromatic rings. The molecular weight excluding hydrogens is 685 g/mol. The lowest BCUT2D eigenvalue weighted by Gasteiger charge is -2.11. The number of aromatic nitrogens is 4. The van der Waals surface area contributed by atoms with Crippen molar-refractivity contribution in [1.82, 2.24) is 19.5 Å². The quantitative estimate of drug-likeness (QED) is 0.172. The number of benzene rings is 8. The summed E-state index contributed by atoms with van der Waals surface area (Å²) in [6.45, 7) is 0. The van der Waals surface area contributed by atoms with Crippen LogP contribution in [0.5, 0.6) is 0 Å². The van der Waals surface area contributed by atoms with Crippen molar-refractivity contribution >= 4 is 43.7 Å². The second kappa shape index (κ2) is 13.0. The molecule has 5 nitrogen and oxygen atoms in total. The lowest BCUT2D eigenvalue weighted by molar-refractivity contribution is 0.669. The first-order valence-electron chi connectivity index (χ1n) is 18.8. The Balaban J connectivity index is 1.16. The molecule has 5 heteroatoms. The molecule has 56 heavy (non-hydrogen) atoms. The van der Waals surface area contributed by atoms with Crippen LogP contribution in [0.1, 0.15) is 0 Å². The van der Waals surface area contributed by atoms with Crippen LogP contribution in [-0.2, 0) is 0 Å². The topological polar surface area (TPSA) is 56.7 Å². The van der Waals surface area contributed by atoms with Crippen molar-refractivity contribution in [2.24, 2.45) is 0 Å². The van der Waals surface area contributed by atoms with Gasteiger partial charge in [0.15, 0.2) is 17.5 Å². The average molecular weight is 717 g/mol. The van der Waals surface area contributed by atoms with Gasteiger partial charge in [-0.25, -0.2) is 15.0 Å². The van der Waals surface area contributed by atoms with Crippen LogP contribution < -0.4 is 0 Å². The van der Waals surface area contributed by atoms with Gasteiger partial charge in [-0.2, -0.15) is 0 Å². The molecule has 0 aliphatic heterocycles. The van der Waals surface area contributed by atoms with E-state index in [1.165, 1.54) is 5.39 Å². The summed E-state index contributed by atoms with van der Waals surface area (Å²) in [4.78, 5) is 15.6. The van der Waals surface area contributed by atoms with Crippen molar-refractivity contribution in [1.29, 1.82) is 0 Å². The molecule has 0 aliphatic carbocycles. The third-order valence-electron chi connectivity index (χ3n) is 10.7. The van der Waals surface area contributed by atoms with E-state index in [1.807, 2.05) is 24.3 Å². The maximum atomic E-state index is 6.67. The summed E-state index contributed by atoms with van der Waals surface area (Å²) in [6.07, 6.45) is 0. The molecule has 3 heterocycles. The van der Waals surface area contributed by atoms with Gasteiger partial charge in [0.2, 0.25) is 0 Å². The van der Waals surface area contributed by atoms with Crippen LogP contribution in [-0.4, -0.2) is 19.5 Å². The fourth-order valence-electron chi connectivity index (χ4n) is 8.03. The predicted molar refractivity (Wildman–Crippen MR) is 229 cm³/mol. The van der Waals surface area contributed by atoms with Gasteiger partial charge in [-0.3, -0.25) is 0 Å². The number of furan rings is 1. The summed E-state index contributed by atoms with van der Waals surface area (Å²) in [6, 6.07) is 67.3. The van der Waals surface area contributed by atoms with E-state index in [2.05, 4.69) is 174 Å². The van der Waals surface area contributed by atoms with E-state index in [9.17, 15) is 0 Å². The maximum absolute atomic E-state index is 6.67. The number of nitrogens with zero attached hydrogens (tertiary/aromatic N) is 4. The zero-order valence-corrected chi connectivity index (χ0v) is 30.2. The zero-order valence-electron chi connectivity index (χ0n) is 30.2. The molecule has 0 aliphatic rings. The monoisotopic (exact) mass is 716 g/mol. The molecule has 0 saturated heterocycles. The zero-order chi connectivity index (χ0) is 37.0. The van der Waals surface area contributed by atoms with E-state index >= 15 is 0 Å². The molecule has 0 saturated carbocycles. The maximum Gasteiger partial charge on any atom is 0.164 e. The first-order valence-corrected chi connectivity index (χ1v) is 18.8. The van der Waals surface area contributed by atoms with Gasteiger partial charge >= 0.3 is 0 Å². The molecule has 0 radical (unpaired) electrons. The summed E-state index contributed by atoms with van der Waals surface area (Å²) >= 11 is 0. The van der Waals surface area contributed by atoms with Gasteiger partial charge in [0.25, 0.3) is 0 Å². The van der Waals surface area contributed by atoms with Gasteiger partial charge in [0.1, 0.15) is 11.2 Å². The van der Waals surface area contributed by atoms with Crippen LogP contribution in [0.4, 0.5) is 0 Å². The number of para-hydroxylation sites is 2. The summed E-state index contributed by atoms with van der Waals surface area (Å²) in [5.74, 6) is 1.78. The van der Waals surface area contributed by atoms with Crippen molar-refractivity contribution in [2.75, 3.05) is 0 Å². The van der Waals surface area contributed by atoms with Crippen LogP contribution >= 0.6 is 0 Å². The number of rotatable bonds is 6.